The number of hydrogen-bond acceptors (Lipinski definition) is 2. The van der Waals surface area contributed by atoms with Crippen LogP contribution in [-0.2, 0) is 0 Å². The number of para-hydroxylation sites is 1. The van der Waals surface area contributed by atoms with E-state index >= 15 is 0 Å². The van der Waals surface area contributed by atoms with Crippen molar-refractivity contribution >= 4 is 17.8 Å². The highest BCUT2D eigenvalue weighted by Gasteiger charge is 2.71. The first-order valence-electron chi connectivity index (χ1n) is 13.2. The Morgan fingerprint density at radius 1 is 0.812 bits per heavy atom. The molecule has 0 N–H and O–H groups in total. The molecule has 4 fully saturated rings. The Morgan fingerprint density at radius 2 is 1.38 bits per heavy atom. The van der Waals surface area contributed by atoms with Crippen LogP contribution in [0.5, 0.6) is 5.75 Å². The lowest BCUT2D eigenvalue weighted by molar-refractivity contribution is 0.296. The van der Waals surface area contributed by atoms with Gasteiger partial charge in [-0.15, -0.1) is 0 Å². The van der Waals surface area contributed by atoms with Gasteiger partial charge in [-0.3, -0.25) is 4.98 Å². The maximum absolute atomic E-state index is 7.27. The molecular weight excluding hydrogens is 389 g/mol. The van der Waals surface area contributed by atoms with Gasteiger partial charge in [-0.25, -0.2) is 0 Å². The Kier molecular flexibility index (Phi) is 4.61. The Morgan fingerprint density at radius 3 is 1.97 bits per heavy atom. The quantitative estimate of drug-likeness (QED) is 0.464. The fourth-order valence-corrected chi connectivity index (χ4v) is 8.97. The van der Waals surface area contributed by atoms with Gasteiger partial charge in [-0.2, -0.15) is 0 Å². The van der Waals surface area contributed by atoms with E-state index in [0.29, 0.717) is 29.4 Å². The molecule has 1 aromatic carbocycles. The van der Waals surface area contributed by atoms with E-state index in [4.69, 9.17) is 9.64 Å². The lowest BCUT2D eigenvalue weighted by atomic mass is 9.37. The molecule has 3 heteroatoms. The maximum Gasteiger partial charge on any atom is 0.365 e. The second-order valence-corrected chi connectivity index (χ2v) is 13.1. The van der Waals surface area contributed by atoms with Crippen molar-refractivity contribution in [3.8, 4) is 5.75 Å². The van der Waals surface area contributed by atoms with Crippen molar-refractivity contribution in [2.24, 2.45) is 46.3 Å². The van der Waals surface area contributed by atoms with Gasteiger partial charge < -0.3 is 4.65 Å². The molecule has 170 valence electrons. The van der Waals surface area contributed by atoms with Crippen LogP contribution in [0.25, 0.3) is 10.9 Å². The Hall–Kier alpha value is -1.51. The van der Waals surface area contributed by atoms with Crippen LogP contribution in [0.4, 0.5) is 0 Å². The Balaban J connectivity index is 1.44. The monoisotopic (exact) mass is 429 g/mol. The van der Waals surface area contributed by atoms with Gasteiger partial charge in [0.05, 0.1) is 0 Å². The van der Waals surface area contributed by atoms with Gasteiger partial charge in [-0.05, 0) is 82.9 Å². The van der Waals surface area contributed by atoms with Crippen LogP contribution >= 0.6 is 0 Å². The minimum atomic E-state index is 0.303. The first-order chi connectivity index (χ1) is 15.2. The summed E-state index contributed by atoms with van der Waals surface area (Å²) >= 11 is 0. The summed E-state index contributed by atoms with van der Waals surface area (Å²) < 4.78 is 7.27. The Labute approximate surface area is 195 Å². The zero-order valence-electron chi connectivity index (χ0n) is 20.8. The molecule has 8 atom stereocenters. The number of hydrogen-bond donors (Lipinski definition) is 0. The van der Waals surface area contributed by atoms with E-state index in [1.54, 1.807) is 0 Å². The molecule has 4 aliphatic rings. The van der Waals surface area contributed by atoms with Crippen LogP contribution < -0.4 is 4.65 Å². The predicted molar refractivity (Wildman–Crippen MR) is 134 cm³/mol. The highest BCUT2D eigenvalue weighted by atomic mass is 16.4. The molecule has 0 bridgehead atoms. The fourth-order valence-electron chi connectivity index (χ4n) is 8.97. The van der Waals surface area contributed by atoms with Crippen LogP contribution in [-0.4, -0.2) is 11.9 Å². The van der Waals surface area contributed by atoms with Crippen molar-refractivity contribution < 1.29 is 4.65 Å². The summed E-state index contributed by atoms with van der Waals surface area (Å²) in [5.74, 6) is 7.21. The summed E-state index contributed by atoms with van der Waals surface area (Å²) in [4.78, 5) is 4.75. The average molecular weight is 429 g/mol. The highest BCUT2D eigenvalue weighted by Crippen LogP contribution is 2.75. The van der Waals surface area contributed by atoms with Gasteiger partial charge in [0, 0.05) is 11.6 Å². The van der Waals surface area contributed by atoms with E-state index in [-0.39, 0.29) is 0 Å². The molecule has 1 heterocycles. The molecule has 0 aliphatic heterocycles. The molecule has 4 aliphatic carbocycles. The van der Waals surface area contributed by atoms with Gasteiger partial charge in [0.1, 0.15) is 11.3 Å². The smallest absolute Gasteiger partial charge is 0.365 e. The minimum absolute atomic E-state index is 0.303. The fraction of sp³-hybridized carbons (Fsp3) is 0.690. The molecule has 2 nitrogen and oxygen atoms in total. The zero-order chi connectivity index (χ0) is 22.4. The van der Waals surface area contributed by atoms with Crippen LogP contribution in [0, 0.1) is 46.3 Å². The first-order valence-corrected chi connectivity index (χ1v) is 13.2. The van der Waals surface area contributed by atoms with Crippen molar-refractivity contribution in [3.63, 3.8) is 0 Å². The van der Waals surface area contributed by atoms with Crippen molar-refractivity contribution in [3.05, 3.63) is 36.5 Å². The molecule has 0 unspecified atom stereocenters. The van der Waals surface area contributed by atoms with Crippen LogP contribution in [0.2, 0.25) is 11.6 Å². The summed E-state index contributed by atoms with van der Waals surface area (Å²) in [6.45, 7) is 15.5. The molecule has 32 heavy (non-hydrogen) atoms. The van der Waals surface area contributed by atoms with Crippen LogP contribution in [0.3, 0.4) is 0 Å². The third-order valence-electron chi connectivity index (χ3n) is 10.9. The van der Waals surface area contributed by atoms with Crippen molar-refractivity contribution in [1.82, 2.24) is 4.98 Å². The minimum Gasteiger partial charge on any atom is -0.559 e. The summed E-state index contributed by atoms with van der Waals surface area (Å²) in [5.41, 5.74) is 1.99. The zero-order valence-corrected chi connectivity index (χ0v) is 20.8. The molecule has 2 aromatic rings. The highest BCUT2D eigenvalue weighted by molar-refractivity contribution is 6.57. The van der Waals surface area contributed by atoms with Gasteiger partial charge >= 0.3 is 6.92 Å². The van der Waals surface area contributed by atoms with E-state index < -0.39 is 0 Å². The van der Waals surface area contributed by atoms with E-state index in [0.717, 1.165) is 46.8 Å². The average Bonchev–Trinajstić information content (AvgIpc) is 3.54. The largest absolute Gasteiger partial charge is 0.559 e. The summed E-state index contributed by atoms with van der Waals surface area (Å²) in [6, 6.07) is 10.7. The second kappa shape index (κ2) is 7.00. The first kappa shape index (κ1) is 21.1. The molecule has 6 rings (SSSR count). The van der Waals surface area contributed by atoms with Crippen molar-refractivity contribution in [2.75, 3.05) is 0 Å². The lowest BCUT2D eigenvalue weighted by Crippen LogP contribution is -2.44. The van der Waals surface area contributed by atoms with Crippen LogP contribution in [0.1, 0.15) is 67.2 Å². The number of fused-ring (bicyclic) bond motifs is 3. The Bertz CT molecular complexity index is 983. The molecule has 0 amide bonds. The summed E-state index contributed by atoms with van der Waals surface area (Å²) in [7, 11) is 0. The standard InChI is InChI=1S/C29H40BNO/c1-17-12-14-20-23(28(20,3)4)25(17)30(26-18(2)13-15-21-24(26)29(21,5)6)32-22-11-7-9-19-10-8-16-31-27(19)22/h7-11,16-18,20-21,23-26H,12-15H2,1-6H3/t17-,18-,20+,21+,23+,24+,25+,26+/m0/s1. The normalized spacial score (nSPS) is 40.8. The third kappa shape index (κ3) is 2.95. The predicted octanol–water partition coefficient (Wildman–Crippen LogP) is 7.75. The molecule has 0 spiro atoms. The summed E-state index contributed by atoms with van der Waals surface area (Å²) in [5, 5.41) is 1.19. The number of nitrogens with zero attached hydrogens (tertiary/aromatic N) is 1. The molecule has 1 aromatic heterocycles. The third-order valence-corrected chi connectivity index (χ3v) is 10.9. The maximum atomic E-state index is 7.27. The number of rotatable bonds is 4. The van der Waals surface area contributed by atoms with E-state index in [2.05, 4.69) is 65.8 Å². The lowest BCUT2D eigenvalue weighted by Gasteiger charge is -2.41. The number of pyridine rings is 1. The molecule has 0 saturated heterocycles. The van der Waals surface area contributed by atoms with Crippen molar-refractivity contribution in [1.29, 1.82) is 0 Å². The van der Waals surface area contributed by atoms with Gasteiger partial charge in [-0.1, -0.05) is 72.6 Å². The second-order valence-electron chi connectivity index (χ2n) is 13.1. The molecule has 4 saturated carbocycles. The SMILES string of the molecule is C[C@H]1CC[C@@H]2[C@H]([C@@H]1B(Oc1cccc3cccnc13)[C@H]1[C@H]3[C@@H](CC[C@@H]1C)C3(C)C)C2(C)C. The van der Waals surface area contributed by atoms with E-state index in [1.807, 2.05) is 12.3 Å². The molecular formula is C29H40BNO. The van der Waals surface area contributed by atoms with Crippen molar-refractivity contribution in [2.45, 2.75) is 78.9 Å². The summed E-state index contributed by atoms with van der Waals surface area (Å²) in [6.07, 6.45) is 7.46. The van der Waals surface area contributed by atoms with Crippen LogP contribution in [0.15, 0.2) is 36.5 Å². The van der Waals surface area contributed by atoms with Gasteiger partial charge in [0.15, 0.2) is 0 Å². The van der Waals surface area contributed by atoms with E-state index in [9.17, 15) is 0 Å². The van der Waals surface area contributed by atoms with Gasteiger partial charge in [0.25, 0.3) is 0 Å². The van der Waals surface area contributed by atoms with Gasteiger partial charge in [0.2, 0.25) is 0 Å². The number of benzene rings is 1. The topological polar surface area (TPSA) is 22.1 Å². The van der Waals surface area contributed by atoms with E-state index in [1.165, 1.54) is 31.1 Å². The molecule has 0 radical (unpaired) electrons. The number of aromatic nitrogens is 1.